The molecule has 0 radical (unpaired) electrons. The number of esters is 1. The molecule has 10 heteroatoms. The van der Waals surface area contributed by atoms with E-state index in [0.29, 0.717) is 43.3 Å². The van der Waals surface area contributed by atoms with Gasteiger partial charge in [-0.15, -0.1) is 0 Å². The van der Waals surface area contributed by atoms with Crippen molar-refractivity contribution in [3.63, 3.8) is 0 Å². The summed E-state index contributed by atoms with van der Waals surface area (Å²) in [5.74, 6) is 0.340. The maximum absolute atomic E-state index is 13.8. The molecule has 1 aliphatic heterocycles. The summed E-state index contributed by atoms with van der Waals surface area (Å²) in [4.78, 5) is 43.1. The molecule has 0 N–H and O–H groups in total. The summed E-state index contributed by atoms with van der Waals surface area (Å²) in [6, 6.07) is 15.4. The zero-order chi connectivity index (χ0) is 28.7. The predicted octanol–water partition coefficient (Wildman–Crippen LogP) is 4.97. The Morgan fingerprint density at radius 2 is 1.88 bits per heavy atom. The highest BCUT2D eigenvalue weighted by Crippen LogP contribution is 2.32. The first-order valence-electron chi connectivity index (χ1n) is 12.7. The Morgan fingerprint density at radius 3 is 2.55 bits per heavy atom. The Morgan fingerprint density at radius 1 is 1.15 bits per heavy atom. The minimum absolute atomic E-state index is 0.0179. The second-order valence-electron chi connectivity index (χ2n) is 9.84. The van der Waals surface area contributed by atoms with Crippen molar-refractivity contribution in [3.05, 3.63) is 118 Å². The largest absolute Gasteiger partial charge is 0.459 e. The number of nitrogens with zero attached hydrogens (tertiary/aromatic N) is 3. The van der Waals surface area contributed by atoms with Crippen LogP contribution in [0.4, 0.5) is 5.69 Å². The van der Waals surface area contributed by atoms with Crippen LogP contribution >= 0.6 is 11.3 Å². The van der Waals surface area contributed by atoms with E-state index in [4.69, 9.17) is 9.15 Å². The SMILES string of the molecule is CC1=C(C(=O)OC(C)C)C(c2ccccc2)n2c(sc(=Cc3ccc(-c4cc(C)c(C)c([N+](=O)[O-])c4)o3)c2=O)=N1. The summed E-state index contributed by atoms with van der Waals surface area (Å²) in [5, 5.41) is 11.5. The average molecular weight is 558 g/mol. The molecular weight excluding hydrogens is 530 g/mol. The van der Waals surface area contributed by atoms with Crippen molar-refractivity contribution in [1.82, 2.24) is 4.57 Å². The lowest BCUT2D eigenvalue weighted by Crippen LogP contribution is -2.40. The fourth-order valence-electron chi connectivity index (χ4n) is 4.70. The molecule has 0 fully saturated rings. The van der Waals surface area contributed by atoms with Crippen LogP contribution in [0, 0.1) is 24.0 Å². The highest BCUT2D eigenvalue weighted by Gasteiger charge is 2.33. The zero-order valence-electron chi connectivity index (χ0n) is 22.6. The number of furan rings is 1. The molecule has 1 unspecified atom stereocenters. The normalized spacial score (nSPS) is 15.2. The lowest BCUT2D eigenvalue weighted by Gasteiger charge is -2.25. The van der Waals surface area contributed by atoms with Crippen LogP contribution in [-0.2, 0) is 9.53 Å². The van der Waals surface area contributed by atoms with Crippen molar-refractivity contribution < 1.29 is 18.9 Å². The third-order valence-electron chi connectivity index (χ3n) is 6.72. The number of nitro groups is 1. The van der Waals surface area contributed by atoms with E-state index in [1.807, 2.05) is 43.3 Å². The van der Waals surface area contributed by atoms with Crippen molar-refractivity contribution in [3.8, 4) is 11.3 Å². The number of ether oxygens (including phenoxy) is 1. The molecule has 0 saturated carbocycles. The van der Waals surface area contributed by atoms with E-state index in [1.165, 1.54) is 22.0 Å². The van der Waals surface area contributed by atoms with Gasteiger partial charge in [-0.05, 0) is 63.9 Å². The Hall–Kier alpha value is -4.57. The van der Waals surface area contributed by atoms with Crippen LogP contribution in [0.2, 0.25) is 0 Å². The van der Waals surface area contributed by atoms with Gasteiger partial charge < -0.3 is 9.15 Å². The fourth-order valence-corrected chi connectivity index (χ4v) is 5.73. The highest BCUT2D eigenvalue weighted by atomic mass is 32.1. The average Bonchev–Trinajstić information content (AvgIpc) is 3.49. The Bertz CT molecular complexity index is 1860. The molecule has 0 spiro atoms. The van der Waals surface area contributed by atoms with E-state index in [-0.39, 0.29) is 17.4 Å². The van der Waals surface area contributed by atoms with Gasteiger partial charge in [0.1, 0.15) is 11.5 Å². The summed E-state index contributed by atoms with van der Waals surface area (Å²) < 4.78 is 13.4. The number of hydrogen-bond donors (Lipinski definition) is 0. The van der Waals surface area contributed by atoms with Crippen molar-refractivity contribution in [2.45, 2.75) is 46.8 Å². The van der Waals surface area contributed by atoms with E-state index in [9.17, 15) is 19.7 Å². The minimum atomic E-state index is -0.700. The number of carbonyl (C=O) groups is 1. The molecule has 5 rings (SSSR count). The van der Waals surface area contributed by atoms with Gasteiger partial charge in [0.25, 0.3) is 11.2 Å². The summed E-state index contributed by atoms with van der Waals surface area (Å²) in [5.41, 5.74) is 3.21. The smallest absolute Gasteiger partial charge is 0.338 e. The first-order valence-corrected chi connectivity index (χ1v) is 13.5. The van der Waals surface area contributed by atoms with E-state index in [0.717, 1.165) is 11.1 Å². The molecule has 1 atom stereocenters. The number of aryl methyl sites for hydroxylation is 1. The summed E-state index contributed by atoms with van der Waals surface area (Å²) >= 11 is 1.20. The summed E-state index contributed by atoms with van der Waals surface area (Å²) in [6.45, 7) is 8.81. The second-order valence-corrected chi connectivity index (χ2v) is 10.9. The van der Waals surface area contributed by atoms with Crippen molar-refractivity contribution in [1.29, 1.82) is 0 Å². The molecular formula is C30H27N3O6S. The van der Waals surface area contributed by atoms with Crippen LogP contribution in [-0.4, -0.2) is 21.6 Å². The zero-order valence-corrected chi connectivity index (χ0v) is 23.4. The van der Waals surface area contributed by atoms with Gasteiger partial charge >= 0.3 is 5.97 Å². The van der Waals surface area contributed by atoms with Gasteiger partial charge in [0.05, 0.1) is 32.9 Å². The van der Waals surface area contributed by atoms with Crippen molar-refractivity contribution in [2.75, 3.05) is 0 Å². The highest BCUT2D eigenvalue weighted by molar-refractivity contribution is 7.07. The van der Waals surface area contributed by atoms with Crippen molar-refractivity contribution >= 4 is 29.1 Å². The quantitative estimate of drug-likeness (QED) is 0.188. The first kappa shape index (κ1) is 27.0. The molecule has 40 heavy (non-hydrogen) atoms. The number of rotatable bonds is 6. The van der Waals surface area contributed by atoms with Gasteiger partial charge in [-0.3, -0.25) is 19.5 Å². The van der Waals surface area contributed by atoms with Crippen molar-refractivity contribution in [2.24, 2.45) is 4.99 Å². The molecule has 2 aromatic carbocycles. The van der Waals surface area contributed by atoms with Crippen LogP contribution < -0.4 is 14.9 Å². The topological polar surface area (TPSA) is 117 Å². The Labute approximate surface area is 233 Å². The van der Waals surface area contributed by atoms with E-state index >= 15 is 0 Å². The number of benzene rings is 2. The Balaban J connectivity index is 1.61. The van der Waals surface area contributed by atoms with Gasteiger partial charge in [-0.2, -0.15) is 0 Å². The molecule has 0 bridgehead atoms. The third kappa shape index (κ3) is 4.93. The number of fused-ring (bicyclic) bond motifs is 1. The molecule has 0 saturated heterocycles. The first-order chi connectivity index (χ1) is 19.0. The number of nitro benzene ring substituents is 1. The molecule has 4 aromatic rings. The number of carbonyl (C=O) groups excluding carboxylic acids is 1. The maximum atomic E-state index is 13.8. The monoisotopic (exact) mass is 557 g/mol. The van der Waals surface area contributed by atoms with Gasteiger partial charge in [-0.25, -0.2) is 9.79 Å². The molecule has 1 aliphatic rings. The summed E-state index contributed by atoms with van der Waals surface area (Å²) in [7, 11) is 0. The lowest BCUT2D eigenvalue weighted by molar-refractivity contribution is -0.385. The Kier molecular flexibility index (Phi) is 7.12. The van der Waals surface area contributed by atoms with E-state index < -0.39 is 16.9 Å². The van der Waals surface area contributed by atoms with E-state index in [2.05, 4.69) is 4.99 Å². The predicted molar refractivity (Wildman–Crippen MR) is 152 cm³/mol. The van der Waals surface area contributed by atoms with E-state index in [1.54, 1.807) is 45.9 Å². The van der Waals surface area contributed by atoms with Crippen LogP contribution in [0.1, 0.15) is 49.3 Å². The lowest BCUT2D eigenvalue weighted by atomic mass is 9.96. The molecule has 0 amide bonds. The maximum Gasteiger partial charge on any atom is 0.338 e. The number of allylic oxidation sites excluding steroid dienone is 1. The van der Waals surface area contributed by atoms with Gasteiger partial charge in [0.2, 0.25) is 0 Å². The molecule has 0 aliphatic carbocycles. The van der Waals surface area contributed by atoms with Gasteiger partial charge in [0.15, 0.2) is 4.80 Å². The summed E-state index contributed by atoms with van der Waals surface area (Å²) in [6.07, 6.45) is 1.29. The van der Waals surface area contributed by atoms with Crippen LogP contribution in [0.15, 0.2) is 80.1 Å². The third-order valence-corrected chi connectivity index (χ3v) is 7.70. The minimum Gasteiger partial charge on any atom is -0.459 e. The second kappa shape index (κ2) is 10.5. The molecule has 9 nitrogen and oxygen atoms in total. The number of thiazole rings is 1. The standard InChI is InChI=1S/C30H27N3O6S/c1-16(2)38-29(35)26-19(5)31-30-32(27(26)20-9-7-6-8-10-20)28(34)25(40-30)15-22-11-12-24(39-22)21-13-17(3)18(4)23(14-21)33(36)37/h6-16,27H,1-5H3. The molecule has 3 heterocycles. The molecule has 204 valence electrons. The fraction of sp³-hybridized carbons (Fsp3) is 0.233. The molecule has 2 aromatic heterocycles. The van der Waals surface area contributed by atoms with Crippen LogP contribution in [0.25, 0.3) is 17.4 Å². The number of aromatic nitrogens is 1. The van der Waals surface area contributed by atoms with Crippen LogP contribution in [0.5, 0.6) is 0 Å². The van der Waals surface area contributed by atoms with Crippen LogP contribution in [0.3, 0.4) is 0 Å². The number of hydrogen-bond acceptors (Lipinski definition) is 8. The van der Waals surface area contributed by atoms with Gasteiger partial charge in [-0.1, -0.05) is 41.7 Å². The van der Waals surface area contributed by atoms with Gasteiger partial charge in [0, 0.05) is 23.3 Å².